The summed E-state index contributed by atoms with van der Waals surface area (Å²) >= 11 is 1.49. The third kappa shape index (κ3) is 3.88. The summed E-state index contributed by atoms with van der Waals surface area (Å²) in [4.78, 5) is 43.9. The highest BCUT2D eigenvalue weighted by Gasteiger charge is 2.49. The zero-order chi connectivity index (χ0) is 23.0. The van der Waals surface area contributed by atoms with Crippen LogP contribution in [0.3, 0.4) is 0 Å². The molecule has 1 unspecified atom stereocenters. The van der Waals surface area contributed by atoms with Crippen molar-refractivity contribution in [3.63, 3.8) is 0 Å². The van der Waals surface area contributed by atoms with Crippen LogP contribution in [0.25, 0.3) is 10.1 Å². The van der Waals surface area contributed by atoms with Gasteiger partial charge in [0.05, 0.1) is 10.1 Å². The number of imide groups is 1. The van der Waals surface area contributed by atoms with Gasteiger partial charge in [-0.1, -0.05) is 42.5 Å². The number of carbonyl (C=O) groups excluding carboxylic acids is 3. The number of nitrogens with zero attached hydrogens (tertiary/aromatic N) is 4. The van der Waals surface area contributed by atoms with Crippen molar-refractivity contribution in [2.24, 2.45) is 0 Å². The third-order valence-electron chi connectivity index (χ3n) is 6.77. The Kier molecular flexibility index (Phi) is 5.62. The van der Waals surface area contributed by atoms with Crippen molar-refractivity contribution < 1.29 is 14.4 Å². The lowest BCUT2D eigenvalue weighted by atomic mass is 9.81. The molecule has 0 bridgehead atoms. The number of amides is 3. The van der Waals surface area contributed by atoms with Gasteiger partial charge in [-0.2, -0.15) is 4.37 Å². The number of benzene rings is 2. The molecule has 0 aliphatic carbocycles. The fourth-order valence-corrected chi connectivity index (χ4v) is 5.57. The van der Waals surface area contributed by atoms with Gasteiger partial charge in [-0.05, 0) is 36.2 Å². The molecule has 0 N–H and O–H groups in total. The van der Waals surface area contributed by atoms with E-state index in [1.807, 2.05) is 54.3 Å². The Morgan fingerprint density at radius 2 is 1.70 bits per heavy atom. The maximum absolute atomic E-state index is 13.1. The van der Waals surface area contributed by atoms with E-state index >= 15 is 0 Å². The number of likely N-dealkylation sites (tertiary alicyclic amines) is 1. The zero-order valence-corrected chi connectivity index (χ0v) is 19.4. The fraction of sp³-hybridized carbons (Fsp3) is 0.360. The topological polar surface area (TPSA) is 73.8 Å². The second-order valence-electron chi connectivity index (χ2n) is 8.85. The minimum atomic E-state index is -0.858. The molecule has 170 valence electrons. The molecule has 3 aromatic rings. The predicted octanol–water partition coefficient (Wildman–Crippen LogP) is 3.05. The highest BCUT2D eigenvalue weighted by molar-refractivity contribution is 7.13. The van der Waals surface area contributed by atoms with Gasteiger partial charge in [0, 0.05) is 51.0 Å². The summed E-state index contributed by atoms with van der Waals surface area (Å²) in [6.07, 6.45) is 0.298. The first-order valence-electron chi connectivity index (χ1n) is 11.2. The molecule has 1 atom stereocenters. The van der Waals surface area contributed by atoms with Crippen molar-refractivity contribution in [1.82, 2.24) is 14.2 Å². The van der Waals surface area contributed by atoms with E-state index in [1.165, 1.54) is 16.4 Å². The highest BCUT2D eigenvalue weighted by Crippen LogP contribution is 2.36. The molecule has 3 amide bonds. The first-order chi connectivity index (χ1) is 16.0. The van der Waals surface area contributed by atoms with Gasteiger partial charge in [-0.25, -0.2) is 0 Å². The van der Waals surface area contributed by atoms with Gasteiger partial charge in [0.2, 0.25) is 17.7 Å². The Labute approximate surface area is 196 Å². The van der Waals surface area contributed by atoms with E-state index in [4.69, 9.17) is 0 Å². The smallest absolute Gasteiger partial charge is 0.240 e. The van der Waals surface area contributed by atoms with Crippen LogP contribution < -0.4 is 4.90 Å². The van der Waals surface area contributed by atoms with Crippen LogP contribution in [0.2, 0.25) is 0 Å². The van der Waals surface area contributed by atoms with Crippen LogP contribution in [0.4, 0.5) is 5.82 Å². The first-order valence-corrected chi connectivity index (χ1v) is 12.0. The Morgan fingerprint density at radius 3 is 2.45 bits per heavy atom. The number of carbonyl (C=O) groups is 3. The molecule has 2 saturated heterocycles. The summed E-state index contributed by atoms with van der Waals surface area (Å²) in [5, 5.41) is 1.15. The minimum Gasteiger partial charge on any atom is -0.352 e. The third-order valence-corrected chi connectivity index (χ3v) is 7.59. The van der Waals surface area contributed by atoms with Crippen LogP contribution >= 0.6 is 11.5 Å². The van der Waals surface area contributed by atoms with E-state index in [-0.39, 0.29) is 37.1 Å². The second-order valence-corrected chi connectivity index (χ2v) is 9.65. The lowest BCUT2D eigenvalue weighted by molar-refractivity contribution is -0.140. The number of anilines is 1. The Bertz CT molecular complexity index is 1200. The lowest BCUT2D eigenvalue weighted by Crippen LogP contribution is -2.49. The fourth-order valence-electron chi connectivity index (χ4n) is 4.78. The number of rotatable bonds is 5. The molecule has 1 aromatic heterocycles. The van der Waals surface area contributed by atoms with Crippen molar-refractivity contribution in [3.05, 3.63) is 60.2 Å². The van der Waals surface area contributed by atoms with Crippen LogP contribution in [0.15, 0.2) is 54.6 Å². The minimum absolute atomic E-state index is 0.0216. The molecular formula is C25H26N4O3S. The van der Waals surface area contributed by atoms with E-state index in [0.29, 0.717) is 26.2 Å². The maximum Gasteiger partial charge on any atom is 0.240 e. The molecule has 2 aliphatic heterocycles. The highest BCUT2D eigenvalue weighted by atomic mass is 32.1. The van der Waals surface area contributed by atoms with Crippen molar-refractivity contribution in [2.75, 3.05) is 37.6 Å². The summed E-state index contributed by atoms with van der Waals surface area (Å²) in [5.74, 6) is 0.536. The van der Waals surface area contributed by atoms with E-state index in [9.17, 15) is 14.4 Å². The number of fused-ring (bicyclic) bond motifs is 1. The van der Waals surface area contributed by atoms with Crippen molar-refractivity contribution in [1.29, 1.82) is 0 Å². The first kappa shape index (κ1) is 21.6. The molecule has 3 heterocycles. The van der Waals surface area contributed by atoms with E-state index < -0.39 is 5.41 Å². The molecular weight excluding hydrogens is 436 g/mol. The average Bonchev–Trinajstić information content (AvgIpc) is 3.37. The van der Waals surface area contributed by atoms with Crippen molar-refractivity contribution >= 4 is 45.2 Å². The second kappa shape index (κ2) is 8.59. The van der Waals surface area contributed by atoms with Gasteiger partial charge in [0.15, 0.2) is 0 Å². The number of aromatic nitrogens is 1. The van der Waals surface area contributed by atoms with Crippen LogP contribution in [0.5, 0.6) is 0 Å². The normalized spacial score (nSPS) is 21.3. The molecule has 2 aromatic carbocycles. The van der Waals surface area contributed by atoms with Gasteiger partial charge >= 0.3 is 0 Å². The molecule has 33 heavy (non-hydrogen) atoms. The molecule has 5 rings (SSSR count). The number of hydrogen-bond acceptors (Lipinski definition) is 6. The summed E-state index contributed by atoms with van der Waals surface area (Å²) in [7, 11) is 0. The average molecular weight is 463 g/mol. The van der Waals surface area contributed by atoms with Gasteiger partial charge in [0.1, 0.15) is 5.82 Å². The monoisotopic (exact) mass is 462 g/mol. The van der Waals surface area contributed by atoms with E-state index in [0.717, 1.165) is 21.5 Å². The van der Waals surface area contributed by atoms with Crippen LogP contribution in [-0.4, -0.2) is 64.6 Å². The quantitative estimate of drug-likeness (QED) is 0.545. The van der Waals surface area contributed by atoms with E-state index in [1.54, 1.807) is 0 Å². The molecule has 8 heteroatoms. The van der Waals surface area contributed by atoms with Crippen molar-refractivity contribution in [3.8, 4) is 0 Å². The Morgan fingerprint density at radius 1 is 1.00 bits per heavy atom. The number of hydrogen-bond donors (Lipinski definition) is 0. The molecule has 0 radical (unpaired) electrons. The molecule has 0 saturated carbocycles. The van der Waals surface area contributed by atoms with Crippen LogP contribution in [0.1, 0.15) is 25.3 Å². The van der Waals surface area contributed by atoms with Gasteiger partial charge in [0.25, 0.3) is 0 Å². The molecule has 2 aliphatic rings. The standard InChI is InChI=1S/C25H26N4O3S/c1-25(18-7-3-2-4-8-18)17-22(31)29(24(25)32)12-11-21(30)27-13-15-28(16-14-27)23-19-9-5-6-10-20(19)33-26-23/h2-10H,11-17H2,1H3. The van der Waals surface area contributed by atoms with Gasteiger partial charge in [-0.15, -0.1) is 0 Å². The number of piperazine rings is 1. The molecule has 7 nitrogen and oxygen atoms in total. The van der Waals surface area contributed by atoms with Crippen LogP contribution in [0, 0.1) is 0 Å². The summed E-state index contributed by atoms with van der Waals surface area (Å²) in [6, 6.07) is 17.6. The lowest BCUT2D eigenvalue weighted by Gasteiger charge is -2.35. The summed E-state index contributed by atoms with van der Waals surface area (Å²) in [6.45, 7) is 4.59. The molecule has 0 spiro atoms. The zero-order valence-electron chi connectivity index (χ0n) is 18.6. The van der Waals surface area contributed by atoms with Gasteiger partial charge < -0.3 is 9.80 Å². The largest absolute Gasteiger partial charge is 0.352 e. The summed E-state index contributed by atoms with van der Waals surface area (Å²) in [5.41, 5.74) is -0.0218. The summed E-state index contributed by atoms with van der Waals surface area (Å²) < 4.78 is 5.78. The maximum atomic E-state index is 13.1. The molecule has 2 fully saturated rings. The Hall–Kier alpha value is -3.26. The SMILES string of the molecule is CC1(c2ccccc2)CC(=O)N(CCC(=O)N2CCN(c3nsc4ccccc34)CC2)C1=O. The predicted molar refractivity (Wildman–Crippen MR) is 128 cm³/mol. The van der Waals surface area contributed by atoms with Crippen LogP contribution in [-0.2, 0) is 19.8 Å². The van der Waals surface area contributed by atoms with E-state index in [2.05, 4.69) is 21.4 Å². The Balaban J connectivity index is 1.18. The van der Waals surface area contributed by atoms with Crippen molar-refractivity contribution in [2.45, 2.75) is 25.2 Å². The van der Waals surface area contributed by atoms with Gasteiger partial charge in [-0.3, -0.25) is 19.3 Å².